The summed E-state index contributed by atoms with van der Waals surface area (Å²) >= 11 is 0. The molecule has 1 amide bonds. The van der Waals surface area contributed by atoms with Gasteiger partial charge in [0.2, 0.25) is 5.91 Å². The van der Waals surface area contributed by atoms with E-state index in [1.165, 1.54) is 12.1 Å². The molecule has 1 fully saturated rings. The van der Waals surface area contributed by atoms with Crippen LogP contribution in [0.5, 0.6) is 5.75 Å². The Morgan fingerprint density at radius 2 is 2.15 bits per heavy atom. The van der Waals surface area contributed by atoms with Crippen LogP contribution in [-0.4, -0.2) is 15.7 Å². The third kappa shape index (κ3) is 4.16. The molecule has 1 aromatic heterocycles. The van der Waals surface area contributed by atoms with E-state index in [9.17, 15) is 9.18 Å². The number of aromatic nitrogens is 2. The van der Waals surface area contributed by atoms with Crippen LogP contribution in [0, 0.1) is 11.7 Å². The van der Waals surface area contributed by atoms with Crippen molar-refractivity contribution in [1.82, 2.24) is 9.78 Å². The largest absolute Gasteiger partial charge is 0.489 e. The van der Waals surface area contributed by atoms with Crippen molar-refractivity contribution in [2.45, 2.75) is 18.9 Å². The van der Waals surface area contributed by atoms with Gasteiger partial charge in [0.1, 0.15) is 18.2 Å². The second-order valence-corrected chi connectivity index (χ2v) is 6.83. The molecule has 1 aliphatic carbocycles. The molecule has 0 spiro atoms. The number of nitrogens with one attached hydrogen (secondary N) is 1. The Labute approximate surface area is 156 Å². The van der Waals surface area contributed by atoms with E-state index in [0.29, 0.717) is 11.4 Å². The van der Waals surface area contributed by atoms with Crippen LogP contribution in [0.15, 0.2) is 60.9 Å². The topological polar surface area (TPSA) is 56.2 Å². The maximum atomic E-state index is 13.2. The second-order valence-electron chi connectivity index (χ2n) is 6.83. The molecule has 138 valence electrons. The summed E-state index contributed by atoms with van der Waals surface area (Å²) in [6, 6.07) is 13.5. The summed E-state index contributed by atoms with van der Waals surface area (Å²) in [6.07, 6.45) is 4.62. The number of ether oxygens (including phenoxy) is 1. The summed E-state index contributed by atoms with van der Waals surface area (Å²) in [6.45, 7) is 0.265. The van der Waals surface area contributed by atoms with E-state index in [0.717, 1.165) is 17.5 Å². The van der Waals surface area contributed by atoms with Gasteiger partial charge in [-0.1, -0.05) is 18.2 Å². The number of benzene rings is 2. The van der Waals surface area contributed by atoms with E-state index in [1.54, 1.807) is 22.9 Å². The number of nitrogens with zero attached hydrogens (tertiary/aromatic N) is 2. The number of aryl methyl sites for hydroxylation is 1. The zero-order valence-corrected chi connectivity index (χ0v) is 14.9. The van der Waals surface area contributed by atoms with Gasteiger partial charge in [-0.05, 0) is 47.7 Å². The van der Waals surface area contributed by atoms with E-state index in [4.69, 9.17) is 4.74 Å². The molecular formula is C21H20FN3O2. The minimum atomic E-state index is -0.287. The fourth-order valence-corrected chi connectivity index (χ4v) is 3.18. The minimum absolute atomic E-state index is 0.00568. The minimum Gasteiger partial charge on any atom is -0.489 e. The molecule has 1 N–H and O–H groups in total. The van der Waals surface area contributed by atoms with Gasteiger partial charge in [-0.3, -0.25) is 9.48 Å². The molecule has 2 atom stereocenters. The van der Waals surface area contributed by atoms with Gasteiger partial charge >= 0.3 is 0 Å². The molecule has 0 saturated heterocycles. The summed E-state index contributed by atoms with van der Waals surface area (Å²) in [5, 5.41) is 7.12. The molecule has 1 heterocycles. The lowest BCUT2D eigenvalue weighted by atomic mass is 10.2. The number of amides is 1. The average molecular weight is 365 g/mol. The maximum Gasteiger partial charge on any atom is 0.228 e. The van der Waals surface area contributed by atoms with Crippen molar-refractivity contribution < 1.29 is 13.9 Å². The molecule has 6 heteroatoms. The smallest absolute Gasteiger partial charge is 0.228 e. The number of hydrogen-bond acceptors (Lipinski definition) is 3. The average Bonchev–Trinajstić information content (AvgIpc) is 3.35. The molecule has 4 rings (SSSR count). The van der Waals surface area contributed by atoms with Gasteiger partial charge in [-0.2, -0.15) is 5.10 Å². The highest BCUT2D eigenvalue weighted by atomic mass is 19.1. The van der Waals surface area contributed by atoms with Crippen molar-refractivity contribution in [3.8, 4) is 5.75 Å². The summed E-state index contributed by atoms with van der Waals surface area (Å²) in [5.74, 6) is 0.560. The molecule has 0 aliphatic heterocycles. The van der Waals surface area contributed by atoms with E-state index in [-0.39, 0.29) is 30.2 Å². The number of halogens is 1. The summed E-state index contributed by atoms with van der Waals surface area (Å²) in [4.78, 5) is 12.5. The van der Waals surface area contributed by atoms with Crippen molar-refractivity contribution in [2.24, 2.45) is 13.0 Å². The number of anilines is 1. The Bertz CT molecular complexity index is 969. The highest BCUT2D eigenvalue weighted by Crippen LogP contribution is 2.47. The Balaban J connectivity index is 1.34. The van der Waals surface area contributed by atoms with Crippen LogP contribution < -0.4 is 10.1 Å². The summed E-state index contributed by atoms with van der Waals surface area (Å²) in [7, 11) is 1.87. The maximum absolute atomic E-state index is 13.2. The lowest BCUT2D eigenvalue weighted by Gasteiger charge is -2.09. The van der Waals surface area contributed by atoms with Crippen LogP contribution in [0.1, 0.15) is 23.5 Å². The van der Waals surface area contributed by atoms with E-state index < -0.39 is 0 Å². The molecule has 0 bridgehead atoms. The van der Waals surface area contributed by atoms with E-state index in [2.05, 4.69) is 10.4 Å². The predicted octanol–water partition coefficient (Wildman–Crippen LogP) is 3.88. The molecule has 3 aromatic rings. The lowest BCUT2D eigenvalue weighted by molar-refractivity contribution is -0.117. The molecule has 1 saturated carbocycles. The van der Waals surface area contributed by atoms with Gasteiger partial charge in [0, 0.05) is 30.9 Å². The number of hydrogen-bond donors (Lipinski definition) is 1. The first-order valence-electron chi connectivity index (χ1n) is 8.85. The summed E-state index contributed by atoms with van der Waals surface area (Å²) in [5.41, 5.74) is 2.54. The van der Waals surface area contributed by atoms with Gasteiger partial charge in [-0.15, -0.1) is 0 Å². The highest BCUT2D eigenvalue weighted by molar-refractivity contribution is 5.95. The number of carbonyl (C=O) groups excluding carboxylic acids is 1. The molecule has 0 radical (unpaired) electrons. The first kappa shape index (κ1) is 17.3. The van der Waals surface area contributed by atoms with Crippen LogP contribution in [0.25, 0.3) is 0 Å². The highest BCUT2D eigenvalue weighted by Gasteiger charge is 2.44. The number of rotatable bonds is 6. The van der Waals surface area contributed by atoms with E-state index in [1.807, 2.05) is 37.6 Å². The first-order valence-corrected chi connectivity index (χ1v) is 8.85. The molecule has 2 aromatic carbocycles. The fraction of sp³-hybridized carbons (Fsp3) is 0.238. The molecular weight excluding hydrogens is 345 g/mol. The zero-order chi connectivity index (χ0) is 18.8. The van der Waals surface area contributed by atoms with Gasteiger partial charge in [-0.25, -0.2) is 4.39 Å². The number of carbonyl (C=O) groups is 1. The Kier molecular flexibility index (Phi) is 4.62. The van der Waals surface area contributed by atoms with Crippen molar-refractivity contribution in [3.05, 3.63) is 77.9 Å². The molecule has 1 aliphatic rings. The first-order chi connectivity index (χ1) is 13.1. The fourth-order valence-electron chi connectivity index (χ4n) is 3.18. The van der Waals surface area contributed by atoms with E-state index >= 15 is 0 Å². The van der Waals surface area contributed by atoms with Crippen LogP contribution >= 0.6 is 0 Å². The van der Waals surface area contributed by atoms with Gasteiger partial charge in [0.25, 0.3) is 0 Å². The predicted molar refractivity (Wildman–Crippen MR) is 99.9 cm³/mol. The SMILES string of the molecule is Cn1cc(C2CC2C(=O)Nc2cccc(OCc3cccc(F)c3)c2)cn1. The van der Waals surface area contributed by atoms with Crippen LogP contribution in [-0.2, 0) is 18.4 Å². The van der Waals surface area contributed by atoms with Crippen molar-refractivity contribution in [1.29, 1.82) is 0 Å². The van der Waals surface area contributed by atoms with Crippen molar-refractivity contribution >= 4 is 11.6 Å². The normalized spacial score (nSPS) is 18.1. The van der Waals surface area contributed by atoms with Crippen LogP contribution in [0.2, 0.25) is 0 Å². The van der Waals surface area contributed by atoms with Gasteiger partial charge in [0.05, 0.1) is 6.20 Å². The second kappa shape index (κ2) is 7.23. The third-order valence-electron chi connectivity index (χ3n) is 4.68. The molecule has 27 heavy (non-hydrogen) atoms. The van der Waals surface area contributed by atoms with Gasteiger partial charge < -0.3 is 10.1 Å². The Morgan fingerprint density at radius 3 is 2.93 bits per heavy atom. The van der Waals surface area contributed by atoms with Gasteiger partial charge in [0.15, 0.2) is 0 Å². The summed E-state index contributed by atoms with van der Waals surface area (Å²) < 4.78 is 20.7. The quantitative estimate of drug-likeness (QED) is 0.721. The molecule has 2 unspecified atom stereocenters. The van der Waals surface area contributed by atoms with Crippen molar-refractivity contribution in [2.75, 3.05) is 5.32 Å². The van der Waals surface area contributed by atoms with Crippen molar-refractivity contribution in [3.63, 3.8) is 0 Å². The Hall–Kier alpha value is -3.15. The third-order valence-corrected chi connectivity index (χ3v) is 4.68. The standard InChI is InChI=1S/C21H20FN3O2/c1-25-12-15(11-23-25)19-10-20(19)21(26)24-17-6-3-7-18(9-17)27-13-14-4-2-5-16(22)8-14/h2-9,11-12,19-20H,10,13H2,1H3,(H,24,26). The monoisotopic (exact) mass is 365 g/mol. The zero-order valence-electron chi connectivity index (χ0n) is 14.9. The molecule has 5 nitrogen and oxygen atoms in total. The van der Waals surface area contributed by atoms with Crippen LogP contribution in [0.4, 0.5) is 10.1 Å². The lowest BCUT2D eigenvalue weighted by Crippen LogP contribution is -2.14. The van der Waals surface area contributed by atoms with Crippen LogP contribution in [0.3, 0.4) is 0 Å². The Morgan fingerprint density at radius 1 is 1.30 bits per heavy atom.